The van der Waals surface area contributed by atoms with E-state index in [4.69, 9.17) is 5.11 Å². The maximum atomic E-state index is 8.97. The third-order valence-electron chi connectivity index (χ3n) is 2.35. The number of aromatic amines is 1. The van der Waals surface area contributed by atoms with Crippen LogP contribution < -0.4 is 0 Å². The summed E-state index contributed by atoms with van der Waals surface area (Å²) in [5.41, 5.74) is 3.53. The highest BCUT2D eigenvalue weighted by atomic mass is 16.2. The Balaban J connectivity index is 2.86. The zero-order valence-corrected chi connectivity index (χ0v) is 9.30. The summed E-state index contributed by atoms with van der Waals surface area (Å²) in [5, 5.41) is 16.3. The van der Waals surface area contributed by atoms with Crippen LogP contribution in [0, 0.1) is 5.92 Å². The van der Waals surface area contributed by atoms with E-state index in [9.17, 15) is 0 Å². The standard InChI is InChI=1S/C11H20N2O/c1-4-10-9(5-6-14)11(13-12-10)7-8(2)3/h8,14H,4-7H2,1-3H3,(H,12,13). The van der Waals surface area contributed by atoms with E-state index in [1.807, 2.05) is 0 Å². The van der Waals surface area contributed by atoms with Gasteiger partial charge in [0.05, 0.1) is 5.69 Å². The quantitative estimate of drug-likeness (QED) is 0.753. The molecular formula is C11H20N2O. The summed E-state index contributed by atoms with van der Waals surface area (Å²) in [7, 11) is 0. The fourth-order valence-corrected chi connectivity index (χ4v) is 1.72. The third-order valence-corrected chi connectivity index (χ3v) is 2.35. The Hall–Kier alpha value is -0.830. The number of H-pyrrole nitrogens is 1. The first kappa shape index (κ1) is 11.2. The highest BCUT2D eigenvalue weighted by Gasteiger charge is 2.11. The SMILES string of the molecule is CCc1n[nH]c(CC(C)C)c1CCO. The molecule has 1 aromatic rings. The van der Waals surface area contributed by atoms with E-state index in [2.05, 4.69) is 31.0 Å². The highest BCUT2D eigenvalue weighted by molar-refractivity contribution is 5.26. The molecule has 1 rings (SSSR count). The molecule has 0 aliphatic rings. The van der Waals surface area contributed by atoms with Gasteiger partial charge < -0.3 is 5.11 Å². The second-order valence-corrected chi connectivity index (χ2v) is 4.05. The molecule has 0 saturated heterocycles. The number of nitrogens with zero attached hydrogens (tertiary/aromatic N) is 1. The van der Waals surface area contributed by atoms with E-state index >= 15 is 0 Å². The Labute approximate surface area is 85.5 Å². The maximum Gasteiger partial charge on any atom is 0.0655 e. The van der Waals surface area contributed by atoms with E-state index in [1.54, 1.807) is 0 Å². The van der Waals surface area contributed by atoms with Gasteiger partial charge in [0, 0.05) is 12.3 Å². The number of hydrogen-bond acceptors (Lipinski definition) is 2. The number of aliphatic hydroxyl groups is 1. The molecule has 0 unspecified atom stereocenters. The van der Waals surface area contributed by atoms with Crippen molar-refractivity contribution >= 4 is 0 Å². The Bertz CT molecular complexity index is 279. The van der Waals surface area contributed by atoms with E-state index in [0.717, 1.165) is 25.0 Å². The number of aliphatic hydroxyl groups excluding tert-OH is 1. The van der Waals surface area contributed by atoms with Gasteiger partial charge >= 0.3 is 0 Å². The molecule has 3 nitrogen and oxygen atoms in total. The molecule has 0 atom stereocenters. The number of hydrogen-bond donors (Lipinski definition) is 2. The summed E-state index contributed by atoms with van der Waals surface area (Å²) in [6.45, 7) is 6.68. The van der Waals surface area contributed by atoms with Gasteiger partial charge in [-0.1, -0.05) is 20.8 Å². The molecule has 80 valence electrons. The zero-order chi connectivity index (χ0) is 10.6. The van der Waals surface area contributed by atoms with Crippen molar-refractivity contribution < 1.29 is 5.11 Å². The van der Waals surface area contributed by atoms with Crippen molar-refractivity contribution in [2.24, 2.45) is 5.92 Å². The minimum atomic E-state index is 0.206. The third kappa shape index (κ3) is 2.58. The van der Waals surface area contributed by atoms with Crippen molar-refractivity contribution in [1.29, 1.82) is 0 Å². The first-order valence-electron chi connectivity index (χ1n) is 5.34. The normalized spacial score (nSPS) is 11.2. The van der Waals surface area contributed by atoms with Crippen molar-refractivity contribution in [2.75, 3.05) is 6.61 Å². The van der Waals surface area contributed by atoms with Gasteiger partial charge in [-0.05, 0) is 30.7 Å². The van der Waals surface area contributed by atoms with Crippen LogP contribution in [0.25, 0.3) is 0 Å². The van der Waals surface area contributed by atoms with Crippen LogP contribution in [0.4, 0.5) is 0 Å². The van der Waals surface area contributed by atoms with Crippen LogP contribution in [0.5, 0.6) is 0 Å². The van der Waals surface area contributed by atoms with Crippen LogP contribution in [-0.2, 0) is 19.3 Å². The fourth-order valence-electron chi connectivity index (χ4n) is 1.72. The average Bonchev–Trinajstić information content (AvgIpc) is 2.48. The van der Waals surface area contributed by atoms with Crippen molar-refractivity contribution in [3.8, 4) is 0 Å². The molecule has 14 heavy (non-hydrogen) atoms. The molecule has 0 radical (unpaired) electrons. The van der Waals surface area contributed by atoms with Crippen LogP contribution in [0.15, 0.2) is 0 Å². The predicted octanol–water partition coefficient (Wildman–Crippen LogP) is 1.71. The van der Waals surface area contributed by atoms with Crippen LogP contribution in [0.3, 0.4) is 0 Å². The smallest absolute Gasteiger partial charge is 0.0655 e. The van der Waals surface area contributed by atoms with Gasteiger partial charge in [-0.25, -0.2) is 0 Å². The van der Waals surface area contributed by atoms with E-state index < -0.39 is 0 Å². The molecule has 0 aliphatic heterocycles. The molecular weight excluding hydrogens is 176 g/mol. The second kappa shape index (κ2) is 5.15. The van der Waals surface area contributed by atoms with Crippen LogP contribution in [0.1, 0.15) is 37.7 Å². The minimum absolute atomic E-state index is 0.206. The van der Waals surface area contributed by atoms with Crippen molar-refractivity contribution in [3.63, 3.8) is 0 Å². The van der Waals surface area contributed by atoms with Gasteiger partial charge in [0.2, 0.25) is 0 Å². The van der Waals surface area contributed by atoms with Crippen LogP contribution in [-0.4, -0.2) is 21.9 Å². The summed E-state index contributed by atoms with van der Waals surface area (Å²) in [5.74, 6) is 0.623. The minimum Gasteiger partial charge on any atom is -0.396 e. The lowest BCUT2D eigenvalue weighted by Gasteiger charge is -2.05. The predicted molar refractivity (Wildman–Crippen MR) is 57.3 cm³/mol. The van der Waals surface area contributed by atoms with Gasteiger partial charge in [0.15, 0.2) is 0 Å². The summed E-state index contributed by atoms with van der Waals surface area (Å²) < 4.78 is 0. The fraction of sp³-hybridized carbons (Fsp3) is 0.727. The summed E-state index contributed by atoms with van der Waals surface area (Å²) in [4.78, 5) is 0. The maximum absolute atomic E-state index is 8.97. The number of aromatic nitrogens is 2. The van der Waals surface area contributed by atoms with E-state index in [-0.39, 0.29) is 6.61 Å². The van der Waals surface area contributed by atoms with Crippen LogP contribution in [0.2, 0.25) is 0 Å². The lowest BCUT2D eigenvalue weighted by atomic mass is 10.0. The van der Waals surface area contributed by atoms with E-state index in [0.29, 0.717) is 5.92 Å². The van der Waals surface area contributed by atoms with E-state index in [1.165, 1.54) is 11.3 Å². The molecule has 3 heteroatoms. The molecule has 1 heterocycles. The Morgan fingerprint density at radius 2 is 2.14 bits per heavy atom. The van der Waals surface area contributed by atoms with Gasteiger partial charge in [-0.3, -0.25) is 5.10 Å². The van der Waals surface area contributed by atoms with Crippen molar-refractivity contribution in [2.45, 2.75) is 40.0 Å². The zero-order valence-electron chi connectivity index (χ0n) is 9.30. The Morgan fingerprint density at radius 3 is 2.64 bits per heavy atom. The number of rotatable bonds is 5. The van der Waals surface area contributed by atoms with Gasteiger partial charge in [-0.2, -0.15) is 5.10 Å². The summed E-state index contributed by atoms with van der Waals surface area (Å²) >= 11 is 0. The van der Waals surface area contributed by atoms with Gasteiger partial charge in [0.1, 0.15) is 0 Å². The van der Waals surface area contributed by atoms with Crippen molar-refractivity contribution in [3.05, 3.63) is 17.0 Å². The van der Waals surface area contributed by atoms with Crippen LogP contribution >= 0.6 is 0 Å². The largest absolute Gasteiger partial charge is 0.396 e. The molecule has 0 fully saturated rings. The molecule has 0 aliphatic carbocycles. The highest BCUT2D eigenvalue weighted by Crippen LogP contribution is 2.16. The first-order chi connectivity index (χ1) is 6.69. The van der Waals surface area contributed by atoms with Crippen molar-refractivity contribution in [1.82, 2.24) is 10.2 Å². The molecule has 0 spiro atoms. The molecule has 0 bridgehead atoms. The lowest BCUT2D eigenvalue weighted by Crippen LogP contribution is -2.01. The molecule has 1 aromatic heterocycles. The van der Waals surface area contributed by atoms with Gasteiger partial charge in [0.25, 0.3) is 0 Å². The first-order valence-corrected chi connectivity index (χ1v) is 5.34. The Morgan fingerprint density at radius 1 is 1.43 bits per heavy atom. The number of nitrogens with one attached hydrogen (secondary N) is 1. The number of aryl methyl sites for hydroxylation is 1. The summed E-state index contributed by atoms with van der Waals surface area (Å²) in [6.07, 6.45) is 2.67. The average molecular weight is 196 g/mol. The topological polar surface area (TPSA) is 48.9 Å². The molecule has 0 aromatic carbocycles. The second-order valence-electron chi connectivity index (χ2n) is 4.05. The summed E-state index contributed by atoms with van der Waals surface area (Å²) in [6, 6.07) is 0. The lowest BCUT2D eigenvalue weighted by molar-refractivity contribution is 0.299. The molecule has 0 amide bonds. The van der Waals surface area contributed by atoms with Gasteiger partial charge in [-0.15, -0.1) is 0 Å². The monoisotopic (exact) mass is 196 g/mol. The molecule has 0 saturated carbocycles. The molecule has 2 N–H and O–H groups in total. The Kier molecular flexibility index (Phi) is 4.14.